The summed E-state index contributed by atoms with van der Waals surface area (Å²) in [6.07, 6.45) is -1.57. The van der Waals surface area contributed by atoms with Crippen LogP contribution in [-0.2, 0) is 0 Å². The topological polar surface area (TPSA) is 38.0 Å². The van der Waals surface area contributed by atoms with Crippen LogP contribution in [0.4, 0.5) is 13.2 Å². The zero-order valence-electron chi connectivity index (χ0n) is 10.0. The van der Waals surface area contributed by atoms with Crippen LogP contribution >= 0.6 is 0 Å². The Morgan fingerprint density at radius 3 is 2.22 bits per heavy atom. The van der Waals surface area contributed by atoms with Crippen LogP contribution in [0.1, 0.15) is 48.8 Å². The van der Waals surface area contributed by atoms with Gasteiger partial charge in [-0.05, 0) is 29.9 Å². The molecule has 0 bridgehead atoms. The Hall–Kier alpha value is -1.07. The molecule has 18 heavy (non-hydrogen) atoms. The van der Waals surface area contributed by atoms with E-state index in [1.807, 2.05) is 12.1 Å². The fourth-order valence-electron chi connectivity index (χ4n) is 2.25. The highest BCUT2D eigenvalue weighted by Crippen LogP contribution is 2.37. The number of hydrogen-bond donors (Lipinski definition) is 2. The van der Waals surface area contributed by atoms with E-state index in [4.69, 9.17) is 5.84 Å². The minimum atomic E-state index is -4.22. The second kappa shape index (κ2) is 5.28. The molecule has 0 spiro atoms. The first kappa shape index (κ1) is 13.4. The number of benzene rings is 1. The van der Waals surface area contributed by atoms with Gasteiger partial charge in [-0.25, -0.2) is 0 Å². The van der Waals surface area contributed by atoms with E-state index in [0.717, 1.165) is 0 Å². The summed E-state index contributed by atoms with van der Waals surface area (Å²) in [7, 11) is 0. The molecule has 1 saturated carbocycles. The molecular formula is C13H17F3N2. The van der Waals surface area contributed by atoms with Crippen molar-refractivity contribution in [2.45, 2.75) is 43.8 Å². The molecule has 0 saturated heterocycles. The quantitative estimate of drug-likeness (QED) is 0.641. The van der Waals surface area contributed by atoms with Gasteiger partial charge in [-0.2, -0.15) is 13.2 Å². The van der Waals surface area contributed by atoms with E-state index >= 15 is 0 Å². The molecule has 0 amide bonds. The molecule has 0 aliphatic heterocycles. The molecular weight excluding hydrogens is 241 g/mol. The second-order valence-electron chi connectivity index (χ2n) is 4.83. The lowest BCUT2D eigenvalue weighted by Crippen LogP contribution is -2.31. The van der Waals surface area contributed by atoms with Crippen LogP contribution in [0.25, 0.3) is 0 Å². The molecule has 0 heterocycles. The van der Waals surface area contributed by atoms with Gasteiger partial charge in [0.1, 0.15) is 0 Å². The Bertz CT molecular complexity index is 382. The second-order valence-corrected chi connectivity index (χ2v) is 4.83. The van der Waals surface area contributed by atoms with Crippen LogP contribution in [0.3, 0.4) is 0 Å². The predicted octanol–water partition coefficient (Wildman–Crippen LogP) is 3.41. The average Bonchev–Trinajstić information content (AvgIpc) is 2.23. The van der Waals surface area contributed by atoms with E-state index < -0.39 is 18.6 Å². The largest absolute Gasteiger partial charge is 0.390 e. The van der Waals surface area contributed by atoms with Crippen LogP contribution in [0.15, 0.2) is 24.3 Å². The molecule has 2 rings (SSSR count). The molecule has 2 nitrogen and oxygen atoms in total. The Morgan fingerprint density at radius 2 is 1.83 bits per heavy atom. The molecule has 1 aromatic rings. The molecule has 5 heteroatoms. The first-order chi connectivity index (χ1) is 8.49. The monoisotopic (exact) mass is 258 g/mol. The Balaban J connectivity index is 2.06. The van der Waals surface area contributed by atoms with Gasteiger partial charge in [0, 0.05) is 0 Å². The van der Waals surface area contributed by atoms with Gasteiger partial charge < -0.3 is 0 Å². The van der Waals surface area contributed by atoms with Gasteiger partial charge in [0.25, 0.3) is 0 Å². The fraction of sp³-hybridized carbons (Fsp3) is 0.538. The summed E-state index contributed by atoms with van der Waals surface area (Å²) >= 11 is 0. The van der Waals surface area contributed by atoms with Gasteiger partial charge in [-0.3, -0.25) is 11.3 Å². The van der Waals surface area contributed by atoms with Crippen molar-refractivity contribution < 1.29 is 13.2 Å². The highest BCUT2D eigenvalue weighted by molar-refractivity contribution is 5.28. The van der Waals surface area contributed by atoms with E-state index in [0.29, 0.717) is 11.5 Å². The van der Waals surface area contributed by atoms with Crippen LogP contribution in [0.2, 0.25) is 0 Å². The van der Waals surface area contributed by atoms with Crippen molar-refractivity contribution in [2.24, 2.45) is 5.84 Å². The van der Waals surface area contributed by atoms with Gasteiger partial charge in [0.15, 0.2) is 0 Å². The summed E-state index contributed by atoms with van der Waals surface area (Å²) in [5, 5.41) is 0. The summed E-state index contributed by atoms with van der Waals surface area (Å²) in [4.78, 5) is 0. The van der Waals surface area contributed by atoms with Gasteiger partial charge in [-0.1, -0.05) is 30.7 Å². The summed E-state index contributed by atoms with van der Waals surface area (Å²) in [6.45, 7) is 0. The highest BCUT2D eigenvalue weighted by atomic mass is 19.4. The molecule has 1 atom stereocenters. The average molecular weight is 258 g/mol. The maximum atomic E-state index is 12.4. The number of alkyl halides is 3. The van der Waals surface area contributed by atoms with Crippen molar-refractivity contribution in [3.63, 3.8) is 0 Å². The number of hydrazine groups is 1. The Labute approximate surface area is 104 Å². The third-order valence-corrected chi connectivity index (χ3v) is 3.55. The molecule has 1 fully saturated rings. The summed E-state index contributed by atoms with van der Waals surface area (Å²) in [5.41, 5.74) is 4.03. The summed E-state index contributed by atoms with van der Waals surface area (Å²) < 4.78 is 37.1. The first-order valence-electron chi connectivity index (χ1n) is 6.12. The van der Waals surface area contributed by atoms with Gasteiger partial charge in [0.05, 0.1) is 12.5 Å². The lowest BCUT2D eigenvalue weighted by atomic mass is 9.80. The van der Waals surface area contributed by atoms with Gasteiger partial charge in [-0.15, -0.1) is 0 Å². The summed E-state index contributed by atoms with van der Waals surface area (Å²) in [5.74, 6) is 5.79. The predicted molar refractivity (Wildman–Crippen MR) is 63.8 cm³/mol. The number of nitrogens with two attached hydrogens (primary N) is 1. The van der Waals surface area contributed by atoms with Crippen LogP contribution in [0, 0.1) is 0 Å². The van der Waals surface area contributed by atoms with Crippen molar-refractivity contribution in [2.75, 3.05) is 0 Å². The van der Waals surface area contributed by atoms with Crippen molar-refractivity contribution in [3.05, 3.63) is 35.4 Å². The van der Waals surface area contributed by atoms with Crippen LogP contribution in [-0.4, -0.2) is 6.18 Å². The normalized spacial score (nSPS) is 18.4. The molecule has 0 radical (unpaired) electrons. The highest BCUT2D eigenvalue weighted by Gasteiger charge is 2.32. The van der Waals surface area contributed by atoms with E-state index in [2.05, 4.69) is 5.43 Å². The Kier molecular flexibility index (Phi) is 3.92. The zero-order valence-corrected chi connectivity index (χ0v) is 10.0. The fourth-order valence-corrected chi connectivity index (χ4v) is 2.25. The maximum absolute atomic E-state index is 12.4. The molecule has 100 valence electrons. The third kappa shape index (κ3) is 3.23. The van der Waals surface area contributed by atoms with E-state index in [9.17, 15) is 13.2 Å². The summed E-state index contributed by atoms with van der Waals surface area (Å²) in [6, 6.07) is 6.44. The SMILES string of the molecule is NNC(CC(F)(F)F)c1ccc(C2CCC2)cc1. The number of rotatable bonds is 4. The minimum absolute atomic E-state index is 0.581. The van der Waals surface area contributed by atoms with Crippen molar-refractivity contribution >= 4 is 0 Å². The zero-order chi connectivity index (χ0) is 13.2. The van der Waals surface area contributed by atoms with Gasteiger partial charge >= 0.3 is 6.18 Å². The van der Waals surface area contributed by atoms with Crippen molar-refractivity contribution in [1.82, 2.24) is 5.43 Å². The number of hydrogen-bond acceptors (Lipinski definition) is 2. The minimum Gasteiger partial charge on any atom is -0.271 e. The van der Waals surface area contributed by atoms with Gasteiger partial charge in [0.2, 0.25) is 0 Å². The molecule has 1 aliphatic carbocycles. The number of halogens is 3. The molecule has 0 aromatic heterocycles. The first-order valence-corrected chi connectivity index (χ1v) is 6.12. The third-order valence-electron chi connectivity index (χ3n) is 3.55. The Morgan fingerprint density at radius 1 is 1.22 bits per heavy atom. The van der Waals surface area contributed by atoms with Crippen molar-refractivity contribution in [1.29, 1.82) is 0 Å². The van der Waals surface area contributed by atoms with Crippen molar-refractivity contribution in [3.8, 4) is 0 Å². The molecule has 1 unspecified atom stereocenters. The standard InChI is InChI=1S/C13H17F3N2/c14-13(15,16)8-12(18-17)11-6-4-10(5-7-11)9-2-1-3-9/h4-7,9,12,18H,1-3,8,17H2. The number of nitrogens with one attached hydrogen (secondary N) is 1. The lowest BCUT2D eigenvalue weighted by molar-refractivity contribution is -0.140. The van der Waals surface area contributed by atoms with Crippen LogP contribution in [0.5, 0.6) is 0 Å². The molecule has 3 N–H and O–H groups in total. The molecule has 1 aliphatic rings. The maximum Gasteiger partial charge on any atom is 0.390 e. The van der Waals surface area contributed by atoms with E-state index in [1.165, 1.54) is 24.8 Å². The van der Waals surface area contributed by atoms with Crippen LogP contribution < -0.4 is 11.3 Å². The smallest absolute Gasteiger partial charge is 0.271 e. The molecule has 1 aromatic carbocycles. The lowest BCUT2D eigenvalue weighted by Gasteiger charge is -2.26. The van der Waals surface area contributed by atoms with E-state index in [1.54, 1.807) is 12.1 Å². The van der Waals surface area contributed by atoms with E-state index in [-0.39, 0.29) is 0 Å².